The standard InChI is InChI=1S/C17H23N3S/c1-20-11-5-8-16(20)12-18-10-9-15-13-21-17(19-15)14-6-3-2-4-7-14/h2-4,6-7,13,16,18H,5,8-12H2,1H3. The highest BCUT2D eigenvalue weighted by Gasteiger charge is 2.19. The number of hydrogen-bond acceptors (Lipinski definition) is 4. The average Bonchev–Trinajstić information content (AvgIpc) is 3.14. The van der Waals surface area contributed by atoms with Gasteiger partial charge >= 0.3 is 0 Å². The van der Waals surface area contributed by atoms with E-state index in [1.54, 1.807) is 11.3 Å². The number of thiazole rings is 1. The van der Waals surface area contributed by atoms with Crippen LogP contribution in [0.1, 0.15) is 18.5 Å². The molecule has 3 nitrogen and oxygen atoms in total. The molecule has 1 aromatic heterocycles. The van der Waals surface area contributed by atoms with Gasteiger partial charge in [0.15, 0.2) is 0 Å². The number of benzene rings is 1. The Kier molecular flexibility index (Phi) is 5.01. The lowest BCUT2D eigenvalue weighted by atomic mass is 10.2. The van der Waals surface area contributed by atoms with Gasteiger partial charge in [0.1, 0.15) is 5.01 Å². The molecule has 0 spiro atoms. The third kappa shape index (κ3) is 3.90. The first kappa shape index (κ1) is 14.7. The molecule has 1 fully saturated rings. The third-order valence-electron chi connectivity index (χ3n) is 4.18. The van der Waals surface area contributed by atoms with Gasteiger partial charge in [-0.3, -0.25) is 0 Å². The first-order chi connectivity index (χ1) is 10.3. The van der Waals surface area contributed by atoms with Crippen molar-refractivity contribution in [3.8, 4) is 10.6 Å². The van der Waals surface area contributed by atoms with Crippen LogP contribution in [0.3, 0.4) is 0 Å². The Balaban J connectivity index is 1.45. The number of nitrogens with zero attached hydrogens (tertiary/aromatic N) is 2. The van der Waals surface area contributed by atoms with E-state index in [0.29, 0.717) is 0 Å². The highest BCUT2D eigenvalue weighted by Crippen LogP contribution is 2.23. The van der Waals surface area contributed by atoms with Crippen LogP contribution >= 0.6 is 11.3 Å². The van der Waals surface area contributed by atoms with Crippen LogP contribution in [0.15, 0.2) is 35.7 Å². The van der Waals surface area contributed by atoms with E-state index in [1.807, 2.05) is 6.07 Å². The molecule has 2 aromatic rings. The summed E-state index contributed by atoms with van der Waals surface area (Å²) in [5.41, 5.74) is 2.42. The maximum absolute atomic E-state index is 4.73. The number of nitrogens with one attached hydrogen (secondary N) is 1. The second-order valence-corrected chi connectivity index (χ2v) is 6.60. The maximum atomic E-state index is 4.73. The highest BCUT2D eigenvalue weighted by molar-refractivity contribution is 7.13. The van der Waals surface area contributed by atoms with Crippen molar-refractivity contribution in [3.63, 3.8) is 0 Å². The minimum absolute atomic E-state index is 0.723. The minimum atomic E-state index is 0.723. The average molecular weight is 301 g/mol. The molecule has 0 radical (unpaired) electrons. The van der Waals surface area contributed by atoms with Crippen molar-refractivity contribution >= 4 is 11.3 Å². The van der Waals surface area contributed by atoms with E-state index in [4.69, 9.17) is 4.98 Å². The van der Waals surface area contributed by atoms with Crippen LogP contribution in [-0.4, -0.2) is 42.6 Å². The number of likely N-dealkylation sites (N-methyl/N-ethyl adjacent to an activating group) is 1. The maximum Gasteiger partial charge on any atom is 0.123 e. The van der Waals surface area contributed by atoms with E-state index in [2.05, 4.69) is 46.9 Å². The van der Waals surface area contributed by atoms with Crippen LogP contribution in [-0.2, 0) is 6.42 Å². The van der Waals surface area contributed by atoms with Gasteiger partial charge in [-0.2, -0.15) is 0 Å². The topological polar surface area (TPSA) is 28.2 Å². The summed E-state index contributed by atoms with van der Waals surface area (Å²) in [6.45, 7) is 3.37. The first-order valence-corrected chi connectivity index (χ1v) is 8.61. The Hall–Kier alpha value is -1.23. The third-order valence-corrected chi connectivity index (χ3v) is 5.12. The van der Waals surface area contributed by atoms with Crippen molar-refractivity contribution in [2.24, 2.45) is 0 Å². The van der Waals surface area contributed by atoms with Gasteiger partial charge in [-0.1, -0.05) is 30.3 Å². The molecule has 21 heavy (non-hydrogen) atoms. The Morgan fingerprint density at radius 2 is 2.19 bits per heavy atom. The highest BCUT2D eigenvalue weighted by atomic mass is 32.1. The van der Waals surface area contributed by atoms with Crippen molar-refractivity contribution in [2.45, 2.75) is 25.3 Å². The SMILES string of the molecule is CN1CCCC1CNCCc1csc(-c2ccccc2)n1. The van der Waals surface area contributed by atoms with E-state index >= 15 is 0 Å². The van der Waals surface area contributed by atoms with Gasteiger partial charge in [-0.25, -0.2) is 4.98 Å². The Morgan fingerprint density at radius 3 is 2.95 bits per heavy atom. The van der Waals surface area contributed by atoms with E-state index in [1.165, 1.54) is 30.6 Å². The van der Waals surface area contributed by atoms with E-state index < -0.39 is 0 Å². The molecule has 1 aromatic carbocycles. The zero-order valence-corrected chi connectivity index (χ0v) is 13.4. The van der Waals surface area contributed by atoms with Crippen LogP contribution < -0.4 is 5.32 Å². The predicted octanol–water partition coefficient (Wildman–Crippen LogP) is 3.04. The van der Waals surface area contributed by atoms with Crippen LogP contribution in [0, 0.1) is 0 Å². The largest absolute Gasteiger partial charge is 0.315 e. The molecule has 2 heterocycles. The fourth-order valence-electron chi connectivity index (χ4n) is 2.86. The number of rotatable bonds is 6. The minimum Gasteiger partial charge on any atom is -0.315 e. The van der Waals surface area contributed by atoms with Crippen molar-refractivity contribution in [2.75, 3.05) is 26.7 Å². The van der Waals surface area contributed by atoms with Crippen LogP contribution in [0.25, 0.3) is 10.6 Å². The number of aromatic nitrogens is 1. The Labute approximate surface area is 131 Å². The summed E-state index contributed by atoms with van der Waals surface area (Å²) in [6.07, 6.45) is 3.69. The summed E-state index contributed by atoms with van der Waals surface area (Å²) in [4.78, 5) is 7.19. The smallest absolute Gasteiger partial charge is 0.123 e. The summed E-state index contributed by atoms with van der Waals surface area (Å²) >= 11 is 1.74. The summed E-state index contributed by atoms with van der Waals surface area (Å²) < 4.78 is 0. The number of hydrogen-bond donors (Lipinski definition) is 1. The lowest BCUT2D eigenvalue weighted by Gasteiger charge is -2.19. The molecular weight excluding hydrogens is 278 g/mol. The van der Waals surface area contributed by atoms with Gasteiger partial charge < -0.3 is 10.2 Å². The molecule has 3 rings (SSSR count). The first-order valence-electron chi connectivity index (χ1n) is 7.74. The van der Waals surface area contributed by atoms with Gasteiger partial charge in [-0.05, 0) is 26.4 Å². The van der Waals surface area contributed by atoms with Crippen molar-refractivity contribution < 1.29 is 0 Å². The molecule has 1 N–H and O–H groups in total. The normalized spacial score (nSPS) is 19.2. The van der Waals surface area contributed by atoms with E-state index in [9.17, 15) is 0 Å². The van der Waals surface area contributed by atoms with Gasteiger partial charge in [0.2, 0.25) is 0 Å². The van der Waals surface area contributed by atoms with Crippen molar-refractivity contribution in [3.05, 3.63) is 41.4 Å². The molecule has 4 heteroatoms. The van der Waals surface area contributed by atoms with Gasteiger partial charge in [0.25, 0.3) is 0 Å². The molecule has 112 valence electrons. The fourth-order valence-corrected chi connectivity index (χ4v) is 3.72. The van der Waals surface area contributed by atoms with E-state index in [0.717, 1.165) is 30.6 Å². The molecule has 0 saturated carbocycles. The summed E-state index contributed by atoms with van der Waals surface area (Å²) in [6, 6.07) is 11.1. The molecule has 0 amide bonds. The quantitative estimate of drug-likeness (QED) is 0.831. The molecule has 0 aliphatic carbocycles. The molecule has 1 aliphatic rings. The molecule has 1 unspecified atom stereocenters. The predicted molar refractivity (Wildman–Crippen MR) is 89.8 cm³/mol. The lowest BCUT2D eigenvalue weighted by Crippen LogP contribution is -2.36. The second-order valence-electron chi connectivity index (χ2n) is 5.74. The summed E-state index contributed by atoms with van der Waals surface area (Å²) in [7, 11) is 2.23. The fraction of sp³-hybridized carbons (Fsp3) is 0.471. The monoisotopic (exact) mass is 301 g/mol. The molecule has 1 atom stereocenters. The zero-order valence-electron chi connectivity index (χ0n) is 12.6. The Morgan fingerprint density at radius 1 is 1.33 bits per heavy atom. The van der Waals surface area contributed by atoms with Gasteiger partial charge in [-0.15, -0.1) is 11.3 Å². The van der Waals surface area contributed by atoms with Gasteiger partial charge in [0, 0.05) is 36.5 Å². The van der Waals surface area contributed by atoms with Gasteiger partial charge in [0.05, 0.1) is 5.69 Å². The second kappa shape index (κ2) is 7.16. The molecule has 1 aliphatic heterocycles. The molecule has 0 bridgehead atoms. The summed E-state index contributed by atoms with van der Waals surface area (Å²) in [5.74, 6) is 0. The van der Waals surface area contributed by atoms with Crippen LogP contribution in [0.5, 0.6) is 0 Å². The van der Waals surface area contributed by atoms with Crippen molar-refractivity contribution in [1.82, 2.24) is 15.2 Å². The van der Waals surface area contributed by atoms with Crippen molar-refractivity contribution in [1.29, 1.82) is 0 Å². The lowest BCUT2D eigenvalue weighted by molar-refractivity contribution is 0.301. The van der Waals surface area contributed by atoms with Crippen LogP contribution in [0.2, 0.25) is 0 Å². The van der Waals surface area contributed by atoms with Crippen LogP contribution in [0.4, 0.5) is 0 Å². The molecule has 1 saturated heterocycles. The van der Waals surface area contributed by atoms with E-state index in [-0.39, 0.29) is 0 Å². The summed E-state index contributed by atoms with van der Waals surface area (Å²) in [5, 5.41) is 6.89. The molecular formula is C17H23N3S. The number of likely N-dealkylation sites (tertiary alicyclic amines) is 1. The Bertz CT molecular complexity index is 552. The zero-order chi connectivity index (χ0) is 14.5.